The van der Waals surface area contributed by atoms with Gasteiger partial charge in [0.2, 0.25) is 11.8 Å². The van der Waals surface area contributed by atoms with E-state index in [0.29, 0.717) is 26.1 Å². The van der Waals surface area contributed by atoms with Crippen molar-refractivity contribution < 1.29 is 9.59 Å². The lowest BCUT2D eigenvalue weighted by Gasteiger charge is -2.43. The number of carbonyl (C=O) groups is 2. The molecule has 2 fully saturated rings. The van der Waals surface area contributed by atoms with Crippen molar-refractivity contribution in [2.45, 2.75) is 70.1 Å². The zero-order valence-corrected chi connectivity index (χ0v) is 24.2. The standard InChI is InChI=1S/C30H38N10O2/c1-4-25(41)40-16-22(8-6-20(40)3)38(30-24-10-13-32-28(24)34-18-36-30)14-11-26(42)39-15-21(7-5-19(39)2)37-29-23-9-12-31-27(23)33-17-35-29/h4,9-10,12-13,17-22H,1,5-8,11,14-16H2,2-3H3,(H,32,34,36)(H2,31,33,35,37)/t19-,20-,21+,22+/m0/s1. The van der Waals surface area contributed by atoms with E-state index < -0.39 is 0 Å². The van der Waals surface area contributed by atoms with E-state index >= 15 is 0 Å². The molecule has 0 aromatic carbocycles. The van der Waals surface area contributed by atoms with E-state index in [0.717, 1.165) is 59.4 Å². The minimum Gasteiger partial charge on any atom is -0.365 e. The highest BCUT2D eigenvalue weighted by atomic mass is 16.2. The van der Waals surface area contributed by atoms with Crippen molar-refractivity contribution in [1.82, 2.24) is 39.7 Å². The number of fused-ring (bicyclic) bond motifs is 2. The van der Waals surface area contributed by atoms with Gasteiger partial charge in [-0.1, -0.05) is 6.58 Å². The summed E-state index contributed by atoms with van der Waals surface area (Å²) in [4.78, 5) is 56.6. The summed E-state index contributed by atoms with van der Waals surface area (Å²) in [6.07, 6.45) is 12.1. The Balaban J connectivity index is 1.19. The van der Waals surface area contributed by atoms with Gasteiger partial charge >= 0.3 is 0 Å². The molecule has 0 bridgehead atoms. The molecule has 0 saturated carbocycles. The van der Waals surface area contributed by atoms with Crippen molar-refractivity contribution in [2.75, 3.05) is 29.9 Å². The first-order chi connectivity index (χ1) is 20.4. The molecular formula is C30H38N10O2. The minimum atomic E-state index is -0.0704. The summed E-state index contributed by atoms with van der Waals surface area (Å²) in [6, 6.07) is 4.32. The number of H-pyrrole nitrogens is 2. The topological polar surface area (TPSA) is 139 Å². The lowest BCUT2D eigenvalue weighted by Crippen LogP contribution is -2.54. The van der Waals surface area contributed by atoms with Crippen LogP contribution in [-0.2, 0) is 9.59 Å². The molecule has 4 atom stereocenters. The maximum Gasteiger partial charge on any atom is 0.246 e. The number of nitrogens with one attached hydrogen (secondary N) is 3. The predicted octanol–water partition coefficient (Wildman–Crippen LogP) is 3.48. The highest BCUT2D eigenvalue weighted by Crippen LogP contribution is 2.30. The van der Waals surface area contributed by atoms with Crippen molar-refractivity contribution in [2.24, 2.45) is 0 Å². The fourth-order valence-electron chi connectivity index (χ4n) is 6.43. The predicted molar refractivity (Wildman–Crippen MR) is 162 cm³/mol. The van der Waals surface area contributed by atoms with Crippen molar-refractivity contribution >= 4 is 45.5 Å². The summed E-state index contributed by atoms with van der Waals surface area (Å²) < 4.78 is 0. The second-order valence-electron chi connectivity index (χ2n) is 11.4. The van der Waals surface area contributed by atoms with Crippen molar-refractivity contribution in [3.8, 4) is 0 Å². The molecule has 220 valence electrons. The molecule has 12 nitrogen and oxygen atoms in total. The Morgan fingerprint density at radius 2 is 1.64 bits per heavy atom. The molecule has 4 aromatic rings. The Labute approximate surface area is 244 Å². The summed E-state index contributed by atoms with van der Waals surface area (Å²) in [6.45, 7) is 9.54. The van der Waals surface area contributed by atoms with Gasteiger partial charge in [-0.3, -0.25) is 9.59 Å². The number of aromatic amines is 2. The van der Waals surface area contributed by atoms with E-state index in [2.05, 4.69) is 60.5 Å². The second-order valence-corrected chi connectivity index (χ2v) is 11.4. The SMILES string of the molecule is C=CC(=O)N1C[C@H](N(CCC(=O)N2C[C@H](Nc3ncnc4[nH]ccc34)CC[C@@H]2C)c2ncnc3[nH]ccc23)CC[C@@H]1C. The second kappa shape index (κ2) is 11.8. The number of hydrogen-bond acceptors (Lipinski definition) is 8. The molecule has 0 unspecified atom stereocenters. The Hall–Kier alpha value is -4.48. The van der Waals surface area contributed by atoms with Crippen molar-refractivity contribution in [3.05, 3.63) is 49.8 Å². The van der Waals surface area contributed by atoms with Gasteiger partial charge in [-0.25, -0.2) is 19.9 Å². The van der Waals surface area contributed by atoms with Crippen LogP contribution >= 0.6 is 0 Å². The Kier molecular flexibility index (Phi) is 7.77. The van der Waals surface area contributed by atoms with Gasteiger partial charge in [0.1, 0.15) is 35.6 Å². The number of piperidine rings is 2. The van der Waals surface area contributed by atoms with Gasteiger partial charge in [-0.15, -0.1) is 0 Å². The third-order valence-electron chi connectivity index (χ3n) is 8.82. The van der Waals surface area contributed by atoms with Gasteiger partial charge in [0, 0.05) is 62.6 Å². The van der Waals surface area contributed by atoms with E-state index in [-0.39, 0.29) is 36.0 Å². The summed E-state index contributed by atoms with van der Waals surface area (Å²) in [5.41, 5.74) is 1.54. The molecule has 6 heterocycles. The molecule has 2 saturated heterocycles. The first kappa shape index (κ1) is 27.7. The first-order valence-corrected chi connectivity index (χ1v) is 14.7. The summed E-state index contributed by atoms with van der Waals surface area (Å²) >= 11 is 0. The van der Waals surface area contributed by atoms with E-state index in [4.69, 9.17) is 0 Å². The molecule has 0 spiro atoms. The smallest absolute Gasteiger partial charge is 0.246 e. The number of hydrogen-bond donors (Lipinski definition) is 3. The van der Waals surface area contributed by atoms with E-state index in [1.807, 2.05) is 34.3 Å². The molecule has 2 amide bonds. The molecular weight excluding hydrogens is 532 g/mol. The third-order valence-corrected chi connectivity index (χ3v) is 8.82. The molecule has 12 heteroatoms. The van der Waals surface area contributed by atoms with Gasteiger partial charge in [-0.2, -0.15) is 0 Å². The largest absolute Gasteiger partial charge is 0.365 e. The Bertz CT molecular complexity index is 1580. The fourth-order valence-corrected chi connectivity index (χ4v) is 6.43. The summed E-state index contributed by atoms with van der Waals surface area (Å²) in [7, 11) is 0. The number of carbonyl (C=O) groups excluding carboxylic acids is 2. The molecule has 6 rings (SSSR count). The number of nitrogens with zero attached hydrogens (tertiary/aromatic N) is 7. The van der Waals surface area contributed by atoms with Gasteiger partial charge in [0.25, 0.3) is 0 Å². The third kappa shape index (κ3) is 5.40. The van der Waals surface area contributed by atoms with Crippen LogP contribution in [0, 0.1) is 0 Å². The van der Waals surface area contributed by atoms with Crippen LogP contribution in [-0.4, -0.2) is 95.3 Å². The number of anilines is 2. The zero-order chi connectivity index (χ0) is 29.2. The van der Waals surface area contributed by atoms with Crippen LogP contribution in [0.15, 0.2) is 49.8 Å². The lowest BCUT2D eigenvalue weighted by molar-refractivity contribution is -0.134. The normalized spacial score (nSPS) is 22.8. The molecule has 2 aliphatic heterocycles. The highest BCUT2D eigenvalue weighted by molar-refractivity contribution is 5.89. The number of aromatic nitrogens is 6. The van der Waals surface area contributed by atoms with Crippen LogP contribution in [0.2, 0.25) is 0 Å². The molecule has 4 aromatic heterocycles. The Morgan fingerprint density at radius 3 is 2.43 bits per heavy atom. The van der Waals surface area contributed by atoms with Gasteiger partial charge in [-0.05, 0) is 57.7 Å². The van der Waals surface area contributed by atoms with Crippen molar-refractivity contribution in [3.63, 3.8) is 0 Å². The fraction of sp³-hybridized carbons (Fsp3) is 0.467. The first-order valence-electron chi connectivity index (χ1n) is 14.7. The molecule has 0 aliphatic carbocycles. The van der Waals surface area contributed by atoms with Crippen LogP contribution in [0.4, 0.5) is 11.6 Å². The van der Waals surface area contributed by atoms with E-state index in [1.54, 1.807) is 12.7 Å². The maximum atomic E-state index is 13.8. The number of rotatable bonds is 8. The maximum absolute atomic E-state index is 13.8. The van der Waals surface area contributed by atoms with Crippen LogP contribution < -0.4 is 10.2 Å². The molecule has 3 N–H and O–H groups in total. The highest BCUT2D eigenvalue weighted by Gasteiger charge is 2.34. The summed E-state index contributed by atoms with van der Waals surface area (Å²) in [5.74, 6) is 1.60. The van der Waals surface area contributed by atoms with Gasteiger partial charge < -0.3 is 30.0 Å². The lowest BCUT2D eigenvalue weighted by atomic mass is 9.97. The van der Waals surface area contributed by atoms with Crippen LogP contribution in [0.1, 0.15) is 46.0 Å². The molecule has 0 radical (unpaired) electrons. The summed E-state index contributed by atoms with van der Waals surface area (Å²) in [5, 5.41) is 5.40. The van der Waals surface area contributed by atoms with Gasteiger partial charge in [0.15, 0.2) is 0 Å². The minimum absolute atomic E-state index is 0.0145. The number of amides is 2. The average molecular weight is 571 g/mol. The quantitative estimate of drug-likeness (QED) is 0.274. The molecule has 42 heavy (non-hydrogen) atoms. The zero-order valence-electron chi connectivity index (χ0n) is 24.2. The van der Waals surface area contributed by atoms with Crippen LogP contribution in [0.25, 0.3) is 22.1 Å². The average Bonchev–Trinajstić information content (AvgIpc) is 3.69. The van der Waals surface area contributed by atoms with E-state index in [1.165, 1.54) is 6.08 Å². The van der Waals surface area contributed by atoms with Crippen LogP contribution in [0.5, 0.6) is 0 Å². The Morgan fingerprint density at radius 1 is 0.952 bits per heavy atom. The monoisotopic (exact) mass is 570 g/mol. The van der Waals surface area contributed by atoms with E-state index in [9.17, 15) is 9.59 Å². The van der Waals surface area contributed by atoms with Crippen molar-refractivity contribution in [1.29, 1.82) is 0 Å². The van der Waals surface area contributed by atoms with Gasteiger partial charge in [0.05, 0.1) is 10.8 Å². The number of likely N-dealkylation sites (tertiary alicyclic amines) is 2. The van der Waals surface area contributed by atoms with Crippen LogP contribution in [0.3, 0.4) is 0 Å². The molecule has 2 aliphatic rings.